The van der Waals surface area contributed by atoms with Crippen molar-refractivity contribution in [2.45, 2.75) is 18.4 Å². The van der Waals surface area contributed by atoms with Crippen molar-refractivity contribution in [2.75, 3.05) is 57.4 Å². The van der Waals surface area contributed by atoms with Crippen molar-refractivity contribution in [3.05, 3.63) is 29.8 Å². The standard InChI is InChI=1S/C19H25N3O4/c23-17(22-7-5-15-3-1-2-4-16(15)22)13-20-8-10-21(11-9-20)18(24)19(25)6-12-26-14-19/h1-4,25H,5-14H2. The van der Waals surface area contributed by atoms with Crippen LogP contribution in [-0.2, 0) is 20.7 Å². The van der Waals surface area contributed by atoms with Crippen LogP contribution in [0.5, 0.6) is 0 Å². The van der Waals surface area contributed by atoms with Gasteiger partial charge in [-0.2, -0.15) is 0 Å². The minimum absolute atomic E-state index is 0.0822. The number of anilines is 1. The van der Waals surface area contributed by atoms with Crippen LogP contribution in [0, 0.1) is 0 Å². The minimum Gasteiger partial charge on any atom is -0.378 e. The summed E-state index contributed by atoms with van der Waals surface area (Å²) >= 11 is 0. The number of carbonyl (C=O) groups is 2. The first-order valence-electron chi connectivity index (χ1n) is 9.27. The number of hydrogen-bond donors (Lipinski definition) is 1. The molecule has 2 amide bonds. The van der Waals surface area contributed by atoms with E-state index in [0.717, 1.165) is 18.7 Å². The molecule has 4 rings (SSSR count). The fraction of sp³-hybridized carbons (Fsp3) is 0.579. The lowest BCUT2D eigenvalue weighted by Gasteiger charge is -2.37. The Morgan fingerprint density at radius 1 is 1.12 bits per heavy atom. The molecule has 0 radical (unpaired) electrons. The van der Waals surface area contributed by atoms with Crippen molar-refractivity contribution in [2.24, 2.45) is 0 Å². The average molecular weight is 359 g/mol. The van der Waals surface area contributed by atoms with Gasteiger partial charge in [-0.25, -0.2) is 0 Å². The van der Waals surface area contributed by atoms with Crippen LogP contribution in [0.4, 0.5) is 5.69 Å². The number of benzene rings is 1. The summed E-state index contributed by atoms with van der Waals surface area (Å²) in [5.74, 6) is -0.132. The molecule has 1 aromatic carbocycles. The number of nitrogens with zero attached hydrogens (tertiary/aromatic N) is 3. The van der Waals surface area contributed by atoms with Gasteiger partial charge in [0.1, 0.15) is 0 Å². The predicted octanol–water partition coefficient (Wildman–Crippen LogP) is -0.129. The maximum absolute atomic E-state index is 12.7. The molecule has 7 heteroatoms. The molecular weight excluding hydrogens is 334 g/mol. The SMILES string of the molecule is O=C(CN1CCN(C(=O)C2(O)CCOC2)CC1)N1CCc2ccccc21. The Morgan fingerprint density at radius 3 is 2.62 bits per heavy atom. The Labute approximate surface area is 153 Å². The summed E-state index contributed by atoms with van der Waals surface area (Å²) in [6.07, 6.45) is 1.27. The van der Waals surface area contributed by atoms with E-state index in [4.69, 9.17) is 4.74 Å². The van der Waals surface area contributed by atoms with Gasteiger partial charge in [-0.15, -0.1) is 0 Å². The summed E-state index contributed by atoms with van der Waals surface area (Å²) in [5.41, 5.74) is 0.884. The monoisotopic (exact) mass is 359 g/mol. The van der Waals surface area contributed by atoms with Gasteiger partial charge in [0.15, 0.2) is 5.60 Å². The maximum Gasteiger partial charge on any atom is 0.257 e. The first-order chi connectivity index (χ1) is 12.6. The number of ether oxygens (including phenoxy) is 1. The number of aliphatic hydroxyl groups is 1. The first kappa shape index (κ1) is 17.5. The average Bonchev–Trinajstić information content (AvgIpc) is 3.29. The molecule has 0 aliphatic carbocycles. The van der Waals surface area contributed by atoms with Crippen molar-refractivity contribution in [1.82, 2.24) is 9.80 Å². The third-order valence-electron chi connectivity index (χ3n) is 5.61. The number of fused-ring (bicyclic) bond motifs is 1. The molecule has 1 aromatic rings. The van der Waals surface area contributed by atoms with E-state index in [1.165, 1.54) is 5.56 Å². The molecule has 1 atom stereocenters. The highest BCUT2D eigenvalue weighted by Gasteiger charge is 2.43. The Kier molecular flexibility index (Phi) is 4.69. The van der Waals surface area contributed by atoms with Crippen LogP contribution in [0.2, 0.25) is 0 Å². The van der Waals surface area contributed by atoms with E-state index in [1.54, 1.807) is 4.90 Å². The molecule has 7 nitrogen and oxygen atoms in total. The van der Waals surface area contributed by atoms with Gasteiger partial charge < -0.3 is 19.6 Å². The quantitative estimate of drug-likeness (QED) is 0.814. The van der Waals surface area contributed by atoms with Gasteiger partial charge >= 0.3 is 0 Å². The molecule has 1 unspecified atom stereocenters. The number of piperazine rings is 1. The molecule has 3 heterocycles. The van der Waals surface area contributed by atoms with Gasteiger partial charge in [0.25, 0.3) is 5.91 Å². The molecular formula is C19H25N3O4. The zero-order valence-corrected chi connectivity index (χ0v) is 14.9. The summed E-state index contributed by atoms with van der Waals surface area (Å²) in [5, 5.41) is 10.4. The smallest absolute Gasteiger partial charge is 0.257 e. The third-order valence-corrected chi connectivity index (χ3v) is 5.61. The van der Waals surface area contributed by atoms with E-state index >= 15 is 0 Å². The highest BCUT2D eigenvalue weighted by atomic mass is 16.5. The van der Waals surface area contributed by atoms with Crippen molar-refractivity contribution >= 4 is 17.5 Å². The molecule has 1 N–H and O–H groups in total. The third kappa shape index (κ3) is 3.22. The van der Waals surface area contributed by atoms with Gasteiger partial charge in [0, 0.05) is 44.8 Å². The number of rotatable bonds is 3. The normalized spacial score (nSPS) is 26.2. The zero-order chi connectivity index (χ0) is 18.1. The van der Waals surface area contributed by atoms with Gasteiger partial charge in [0.05, 0.1) is 19.8 Å². The molecule has 26 heavy (non-hydrogen) atoms. The van der Waals surface area contributed by atoms with Crippen LogP contribution in [0.15, 0.2) is 24.3 Å². The van der Waals surface area contributed by atoms with Gasteiger partial charge in [-0.3, -0.25) is 14.5 Å². The van der Waals surface area contributed by atoms with E-state index in [0.29, 0.717) is 45.8 Å². The molecule has 2 saturated heterocycles. The van der Waals surface area contributed by atoms with Gasteiger partial charge in [-0.1, -0.05) is 18.2 Å². The van der Waals surface area contributed by atoms with E-state index in [1.807, 2.05) is 23.1 Å². The summed E-state index contributed by atoms with van der Waals surface area (Å²) in [4.78, 5) is 30.8. The second kappa shape index (κ2) is 6.98. The van der Waals surface area contributed by atoms with Crippen LogP contribution in [0.25, 0.3) is 0 Å². The minimum atomic E-state index is -1.36. The molecule has 3 aliphatic rings. The molecule has 0 aromatic heterocycles. The molecule has 0 saturated carbocycles. The van der Waals surface area contributed by atoms with Crippen molar-refractivity contribution in [3.63, 3.8) is 0 Å². The van der Waals surface area contributed by atoms with Crippen molar-refractivity contribution in [3.8, 4) is 0 Å². The van der Waals surface area contributed by atoms with Crippen LogP contribution in [-0.4, -0.2) is 84.8 Å². The van der Waals surface area contributed by atoms with E-state index < -0.39 is 5.60 Å². The Bertz CT molecular complexity index is 694. The van der Waals surface area contributed by atoms with E-state index in [2.05, 4.69) is 11.0 Å². The van der Waals surface area contributed by atoms with E-state index in [9.17, 15) is 14.7 Å². The molecule has 3 aliphatic heterocycles. The zero-order valence-electron chi connectivity index (χ0n) is 14.9. The molecule has 2 fully saturated rings. The summed E-state index contributed by atoms with van der Waals surface area (Å²) in [7, 11) is 0. The van der Waals surface area contributed by atoms with Crippen LogP contribution < -0.4 is 4.90 Å². The number of carbonyl (C=O) groups excluding carboxylic acids is 2. The van der Waals surface area contributed by atoms with Gasteiger partial charge in [0.2, 0.25) is 5.91 Å². The Hall–Kier alpha value is -1.96. The predicted molar refractivity (Wildman–Crippen MR) is 95.9 cm³/mol. The lowest BCUT2D eigenvalue weighted by Crippen LogP contribution is -2.57. The topological polar surface area (TPSA) is 73.3 Å². The number of para-hydroxylation sites is 1. The van der Waals surface area contributed by atoms with Crippen molar-refractivity contribution < 1.29 is 19.4 Å². The number of amides is 2. The van der Waals surface area contributed by atoms with Crippen LogP contribution in [0.3, 0.4) is 0 Å². The Balaban J connectivity index is 1.30. The molecule has 0 bridgehead atoms. The summed E-state index contributed by atoms with van der Waals surface area (Å²) in [6, 6.07) is 8.05. The lowest BCUT2D eigenvalue weighted by atomic mass is 10.0. The molecule has 140 valence electrons. The maximum atomic E-state index is 12.7. The second-order valence-corrected chi connectivity index (χ2v) is 7.33. The molecule has 0 spiro atoms. The first-order valence-corrected chi connectivity index (χ1v) is 9.27. The Morgan fingerprint density at radius 2 is 1.88 bits per heavy atom. The fourth-order valence-corrected chi connectivity index (χ4v) is 4.00. The highest BCUT2D eigenvalue weighted by Crippen LogP contribution is 2.27. The van der Waals surface area contributed by atoms with Gasteiger partial charge in [-0.05, 0) is 18.1 Å². The van der Waals surface area contributed by atoms with Crippen LogP contribution >= 0.6 is 0 Å². The number of hydrogen-bond acceptors (Lipinski definition) is 5. The summed E-state index contributed by atoms with van der Waals surface area (Å²) < 4.78 is 5.17. The second-order valence-electron chi connectivity index (χ2n) is 7.33. The fourth-order valence-electron chi connectivity index (χ4n) is 4.00. The largest absolute Gasteiger partial charge is 0.378 e. The highest BCUT2D eigenvalue weighted by molar-refractivity contribution is 5.96. The van der Waals surface area contributed by atoms with E-state index in [-0.39, 0.29) is 18.4 Å². The lowest BCUT2D eigenvalue weighted by molar-refractivity contribution is -0.153. The van der Waals surface area contributed by atoms with Crippen LogP contribution in [0.1, 0.15) is 12.0 Å². The summed E-state index contributed by atoms with van der Waals surface area (Å²) in [6.45, 7) is 3.96. The van der Waals surface area contributed by atoms with Crippen molar-refractivity contribution in [1.29, 1.82) is 0 Å².